The molecule has 0 radical (unpaired) electrons. The minimum absolute atomic E-state index is 0.467. The number of nitrogens with zero attached hydrogens (tertiary/aromatic N) is 2. The molecule has 3 N–H and O–H groups in total. The van der Waals surface area contributed by atoms with E-state index in [0.29, 0.717) is 5.82 Å². The maximum atomic E-state index is 5.99. The van der Waals surface area contributed by atoms with Crippen LogP contribution in [0.25, 0.3) is 22.4 Å². The molecule has 0 aliphatic heterocycles. The van der Waals surface area contributed by atoms with Gasteiger partial charge in [-0.25, -0.2) is 0 Å². The molecule has 2 heterocycles. The topological polar surface area (TPSA) is 76.8 Å². The second kappa shape index (κ2) is 5.05. The van der Waals surface area contributed by atoms with Crippen LogP contribution in [0, 0.1) is 0 Å². The smallest absolute Gasteiger partial charge is 0.153 e. The molecule has 0 aliphatic rings. The Bertz CT molecular complexity index is 704. The highest BCUT2D eigenvalue weighted by molar-refractivity contribution is 5.87. The summed E-state index contributed by atoms with van der Waals surface area (Å²) in [6, 6.07) is 11.6. The molecule has 2 aromatic heterocycles. The lowest BCUT2D eigenvalue weighted by molar-refractivity contribution is 0.415. The van der Waals surface area contributed by atoms with E-state index in [1.165, 1.54) is 0 Å². The van der Waals surface area contributed by atoms with Crippen LogP contribution in [0.4, 0.5) is 5.82 Å². The van der Waals surface area contributed by atoms with Gasteiger partial charge in [-0.2, -0.15) is 5.10 Å². The van der Waals surface area contributed by atoms with Gasteiger partial charge in [0, 0.05) is 18.0 Å². The molecule has 100 valence electrons. The van der Waals surface area contributed by atoms with Gasteiger partial charge in [-0.15, -0.1) is 0 Å². The highest BCUT2D eigenvalue weighted by Crippen LogP contribution is 2.34. The summed E-state index contributed by atoms with van der Waals surface area (Å²) in [4.78, 5) is 4.12. The molecule has 0 atom stereocenters. The van der Waals surface area contributed by atoms with E-state index in [1.807, 2.05) is 36.4 Å². The number of anilines is 1. The van der Waals surface area contributed by atoms with Crippen LogP contribution in [0.3, 0.4) is 0 Å². The first kappa shape index (κ1) is 12.2. The van der Waals surface area contributed by atoms with E-state index in [0.717, 1.165) is 28.1 Å². The van der Waals surface area contributed by atoms with Gasteiger partial charge in [0.25, 0.3) is 0 Å². The first-order valence-electron chi connectivity index (χ1n) is 6.18. The van der Waals surface area contributed by atoms with Crippen molar-refractivity contribution in [2.45, 2.75) is 0 Å². The second-order valence-corrected chi connectivity index (χ2v) is 4.33. The van der Waals surface area contributed by atoms with Crippen LogP contribution in [0.5, 0.6) is 5.75 Å². The number of rotatable bonds is 3. The molecule has 3 aromatic rings. The molecule has 0 saturated carbocycles. The van der Waals surface area contributed by atoms with E-state index in [1.54, 1.807) is 19.5 Å². The maximum absolute atomic E-state index is 5.99. The molecule has 5 nitrogen and oxygen atoms in total. The van der Waals surface area contributed by atoms with Crippen molar-refractivity contribution in [3.8, 4) is 28.1 Å². The van der Waals surface area contributed by atoms with Crippen molar-refractivity contribution in [2.75, 3.05) is 12.8 Å². The number of benzene rings is 1. The van der Waals surface area contributed by atoms with Gasteiger partial charge in [0.15, 0.2) is 5.82 Å². The lowest BCUT2D eigenvalue weighted by Gasteiger charge is -2.05. The average Bonchev–Trinajstić information content (AvgIpc) is 2.90. The van der Waals surface area contributed by atoms with E-state index in [4.69, 9.17) is 10.5 Å². The second-order valence-electron chi connectivity index (χ2n) is 4.33. The monoisotopic (exact) mass is 266 g/mol. The molecule has 0 saturated heterocycles. The van der Waals surface area contributed by atoms with Gasteiger partial charge in [-0.05, 0) is 29.8 Å². The molecule has 5 heteroatoms. The van der Waals surface area contributed by atoms with Crippen LogP contribution in [-0.2, 0) is 0 Å². The zero-order chi connectivity index (χ0) is 13.9. The lowest BCUT2D eigenvalue weighted by atomic mass is 10.0. The minimum atomic E-state index is 0.467. The van der Waals surface area contributed by atoms with Crippen LogP contribution in [0.15, 0.2) is 48.8 Å². The quantitative estimate of drug-likeness (QED) is 0.764. The Kier molecular flexibility index (Phi) is 3.09. The summed E-state index contributed by atoms with van der Waals surface area (Å²) in [7, 11) is 1.64. The first-order chi connectivity index (χ1) is 9.79. The van der Waals surface area contributed by atoms with Gasteiger partial charge in [0.2, 0.25) is 0 Å². The Hall–Kier alpha value is -2.82. The summed E-state index contributed by atoms with van der Waals surface area (Å²) >= 11 is 0. The van der Waals surface area contributed by atoms with Crippen LogP contribution in [0.2, 0.25) is 0 Å². The zero-order valence-corrected chi connectivity index (χ0v) is 11.0. The molecular formula is C15H14N4O. The summed E-state index contributed by atoms with van der Waals surface area (Å²) in [6.45, 7) is 0. The van der Waals surface area contributed by atoms with Gasteiger partial charge in [0.05, 0.1) is 18.4 Å². The number of nitrogen functional groups attached to an aromatic ring is 1. The highest BCUT2D eigenvalue weighted by Gasteiger charge is 2.14. The van der Waals surface area contributed by atoms with Gasteiger partial charge in [-0.1, -0.05) is 12.1 Å². The maximum Gasteiger partial charge on any atom is 0.153 e. The predicted molar refractivity (Wildman–Crippen MR) is 78.2 cm³/mol. The highest BCUT2D eigenvalue weighted by atomic mass is 16.5. The largest absolute Gasteiger partial charge is 0.497 e. The van der Waals surface area contributed by atoms with Gasteiger partial charge < -0.3 is 10.5 Å². The van der Waals surface area contributed by atoms with Crippen LogP contribution < -0.4 is 10.5 Å². The summed E-state index contributed by atoms with van der Waals surface area (Å²) in [5, 5.41) is 7.08. The first-order valence-corrected chi connectivity index (χ1v) is 6.18. The normalized spacial score (nSPS) is 10.4. The van der Waals surface area contributed by atoms with Crippen molar-refractivity contribution in [1.82, 2.24) is 15.2 Å². The number of nitrogens with two attached hydrogens (primary N) is 1. The van der Waals surface area contributed by atoms with Crippen molar-refractivity contribution in [3.05, 3.63) is 48.8 Å². The van der Waals surface area contributed by atoms with Crippen molar-refractivity contribution in [1.29, 1.82) is 0 Å². The minimum Gasteiger partial charge on any atom is -0.497 e. The van der Waals surface area contributed by atoms with E-state index in [2.05, 4.69) is 15.2 Å². The number of hydrogen-bond acceptors (Lipinski definition) is 4. The van der Waals surface area contributed by atoms with Crippen molar-refractivity contribution < 1.29 is 4.74 Å². The fourth-order valence-corrected chi connectivity index (χ4v) is 2.13. The number of pyridine rings is 1. The average molecular weight is 266 g/mol. The number of aromatic nitrogens is 3. The Morgan fingerprint density at radius 2 is 1.90 bits per heavy atom. The molecular weight excluding hydrogens is 252 g/mol. The zero-order valence-electron chi connectivity index (χ0n) is 11.0. The van der Waals surface area contributed by atoms with Crippen molar-refractivity contribution in [2.24, 2.45) is 0 Å². The third-order valence-corrected chi connectivity index (χ3v) is 3.12. The van der Waals surface area contributed by atoms with Crippen LogP contribution in [-0.4, -0.2) is 22.3 Å². The van der Waals surface area contributed by atoms with Crippen molar-refractivity contribution in [3.63, 3.8) is 0 Å². The molecule has 0 unspecified atom stereocenters. The summed E-state index contributed by atoms with van der Waals surface area (Å²) in [5.41, 5.74) is 9.65. The van der Waals surface area contributed by atoms with Crippen LogP contribution >= 0.6 is 0 Å². The summed E-state index contributed by atoms with van der Waals surface area (Å²) < 4.78 is 5.17. The molecule has 0 amide bonds. The number of H-pyrrole nitrogens is 1. The number of nitrogens with one attached hydrogen (secondary N) is 1. The lowest BCUT2D eigenvalue weighted by Crippen LogP contribution is -1.89. The number of methoxy groups -OCH3 is 1. The van der Waals surface area contributed by atoms with Gasteiger partial charge in [0.1, 0.15) is 5.75 Å². The Morgan fingerprint density at radius 1 is 1.10 bits per heavy atom. The summed E-state index contributed by atoms with van der Waals surface area (Å²) in [6.07, 6.45) is 3.51. The van der Waals surface area contributed by atoms with E-state index in [-0.39, 0.29) is 0 Å². The van der Waals surface area contributed by atoms with E-state index in [9.17, 15) is 0 Å². The molecule has 0 aliphatic carbocycles. The van der Waals surface area contributed by atoms with Crippen LogP contribution in [0.1, 0.15) is 0 Å². The third kappa shape index (κ3) is 2.09. The molecule has 3 rings (SSSR count). The third-order valence-electron chi connectivity index (χ3n) is 3.12. The molecule has 0 fully saturated rings. The SMILES string of the molecule is COc1ccc(-c2c(N)n[nH]c2-c2cccnc2)cc1. The molecule has 1 aromatic carbocycles. The Morgan fingerprint density at radius 3 is 2.55 bits per heavy atom. The molecule has 20 heavy (non-hydrogen) atoms. The predicted octanol–water partition coefficient (Wildman–Crippen LogP) is 2.73. The van der Waals surface area contributed by atoms with E-state index >= 15 is 0 Å². The number of hydrogen-bond donors (Lipinski definition) is 2. The fourth-order valence-electron chi connectivity index (χ4n) is 2.13. The molecule has 0 bridgehead atoms. The standard InChI is InChI=1S/C15H14N4O/c1-20-12-6-4-10(5-7-12)13-14(18-19-15(13)16)11-3-2-8-17-9-11/h2-9H,1H3,(H3,16,18,19). The Balaban J connectivity index is 2.11. The van der Waals surface area contributed by atoms with Gasteiger partial charge in [-0.3, -0.25) is 10.1 Å². The van der Waals surface area contributed by atoms with Crippen molar-refractivity contribution >= 4 is 5.82 Å². The molecule has 0 spiro atoms. The number of aromatic amines is 1. The number of ether oxygens (including phenoxy) is 1. The summed E-state index contributed by atoms with van der Waals surface area (Å²) in [5.74, 6) is 1.27. The fraction of sp³-hybridized carbons (Fsp3) is 0.0667. The Labute approximate surface area is 116 Å². The van der Waals surface area contributed by atoms with Gasteiger partial charge >= 0.3 is 0 Å². The van der Waals surface area contributed by atoms with E-state index < -0.39 is 0 Å².